The summed E-state index contributed by atoms with van der Waals surface area (Å²) >= 11 is 3.50. The van der Waals surface area contributed by atoms with Crippen LogP contribution in [0.25, 0.3) is 10.9 Å². The Hall–Kier alpha value is -0.870. The van der Waals surface area contributed by atoms with Gasteiger partial charge in [0.25, 0.3) is 0 Å². The van der Waals surface area contributed by atoms with Gasteiger partial charge in [0.15, 0.2) is 0 Å². The van der Waals surface area contributed by atoms with Crippen LogP contribution in [0.2, 0.25) is 0 Å². The molecule has 2 atom stereocenters. The Balaban J connectivity index is 1.94. The second-order valence-corrected chi connectivity index (χ2v) is 6.32. The Morgan fingerprint density at radius 2 is 2.22 bits per heavy atom. The Bertz CT molecular complexity index is 563. The molecule has 96 valence electrons. The van der Waals surface area contributed by atoms with E-state index in [1.807, 2.05) is 0 Å². The van der Waals surface area contributed by atoms with Crippen molar-refractivity contribution < 1.29 is 0 Å². The minimum atomic E-state index is 0.535. The fraction of sp³-hybridized carbons (Fsp3) is 0.500. The van der Waals surface area contributed by atoms with Gasteiger partial charge in [-0.2, -0.15) is 5.10 Å². The number of nitrogens with zero attached hydrogens (tertiary/aromatic N) is 3. The van der Waals surface area contributed by atoms with Crippen LogP contribution in [0.15, 0.2) is 28.9 Å². The third-order valence-electron chi connectivity index (χ3n) is 3.89. The van der Waals surface area contributed by atoms with Crippen molar-refractivity contribution in [3.63, 3.8) is 0 Å². The van der Waals surface area contributed by atoms with Crippen LogP contribution in [0.3, 0.4) is 0 Å². The molecule has 0 amide bonds. The summed E-state index contributed by atoms with van der Waals surface area (Å²) in [4.78, 5) is 2.40. The van der Waals surface area contributed by atoms with Gasteiger partial charge in [-0.1, -0.05) is 28.9 Å². The number of hydrogen-bond donors (Lipinski definition) is 0. The third-order valence-corrected chi connectivity index (χ3v) is 4.38. The predicted molar refractivity (Wildman–Crippen MR) is 77.7 cm³/mol. The van der Waals surface area contributed by atoms with E-state index >= 15 is 0 Å². The van der Waals surface area contributed by atoms with Crippen LogP contribution in [-0.4, -0.2) is 34.8 Å². The van der Waals surface area contributed by atoms with Gasteiger partial charge in [0.2, 0.25) is 0 Å². The zero-order chi connectivity index (χ0) is 12.7. The number of fused-ring (bicyclic) bond motifs is 1. The first-order valence-corrected chi connectivity index (χ1v) is 7.26. The van der Waals surface area contributed by atoms with Crippen LogP contribution in [0.4, 0.5) is 0 Å². The number of likely N-dealkylation sites (tertiary alicyclic amines) is 1. The van der Waals surface area contributed by atoms with Crippen molar-refractivity contribution >= 4 is 26.8 Å². The third kappa shape index (κ3) is 2.19. The monoisotopic (exact) mass is 307 g/mol. The second kappa shape index (κ2) is 4.67. The van der Waals surface area contributed by atoms with Gasteiger partial charge in [0, 0.05) is 22.6 Å². The topological polar surface area (TPSA) is 21.1 Å². The quantitative estimate of drug-likeness (QED) is 0.806. The van der Waals surface area contributed by atoms with Crippen LogP contribution in [0.5, 0.6) is 0 Å². The second-order valence-electron chi connectivity index (χ2n) is 5.41. The molecule has 3 nitrogen and oxygen atoms in total. The molecule has 4 heteroatoms. The van der Waals surface area contributed by atoms with Crippen molar-refractivity contribution in [2.45, 2.75) is 19.4 Å². The Kier molecular flexibility index (Phi) is 3.16. The highest BCUT2D eigenvalue weighted by molar-refractivity contribution is 9.10. The van der Waals surface area contributed by atoms with E-state index in [-0.39, 0.29) is 0 Å². The lowest BCUT2D eigenvalue weighted by molar-refractivity contribution is 0.151. The minimum absolute atomic E-state index is 0.535. The van der Waals surface area contributed by atoms with E-state index in [9.17, 15) is 0 Å². The highest BCUT2D eigenvalue weighted by Crippen LogP contribution is 2.28. The molecule has 0 bridgehead atoms. The summed E-state index contributed by atoms with van der Waals surface area (Å²) in [5.74, 6) is 0.654. The Labute approximate surface area is 116 Å². The fourth-order valence-electron chi connectivity index (χ4n) is 2.91. The van der Waals surface area contributed by atoms with Crippen LogP contribution in [0.1, 0.15) is 19.4 Å². The summed E-state index contributed by atoms with van der Waals surface area (Å²) in [5.41, 5.74) is 1.08. The molecule has 0 unspecified atom stereocenters. The molecule has 1 saturated heterocycles. The SMILES string of the molecule is C[C@H]1CN(C)CC[C@@H]1n1cc2ccc(Br)cc2n1. The molecule has 0 N–H and O–H groups in total. The maximum atomic E-state index is 4.74. The van der Waals surface area contributed by atoms with Crippen molar-refractivity contribution in [3.8, 4) is 0 Å². The first-order valence-electron chi connectivity index (χ1n) is 6.46. The van der Waals surface area contributed by atoms with Gasteiger partial charge in [-0.15, -0.1) is 0 Å². The van der Waals surface area contributed by atoms with Gasteiger partial charge in [0.1, 0.15) is 0 Å². The first kappa shape index (κ1) is 12.2. The summed E-state index contributed by atoms with van der Waals surface area (Å²) in [7, 11) is 2.20. The van der Waals surface area contributed by atoms with Crippen molar-refractivity contribution in [1.82, 2.24) is 14.7 Å². The zero-order valence-electron chi connectivity index (χ0n) is 10.8. The molecule has 0 saturated carbocycles. The van der Waals surface area contributed by atoms with E-state index in [4.69, 9.17) is 5.10 Å². The van der Waals surface area contributed by atoms with E-state index in [2.05, 4.69) is 63.9 Å². The number of benzene rings is 1. The molecular formula is C14H18BrN3. The lowest BCUT2D eigenvalue weighted by Crippen LogP contribution is -2.37. The molecular weight excluding hydrogens is 290 g/mol. The fourth-order valence-corrected chi connectivity index (χ4v) is 3.26. The lowest BCUT2D eigenvalue weighted by atomic mass is 9.94. The van der Waals surface area contributed by atoms with Crippen LogP contribution < -0.4 is 0 Å². The van der Waals surface area contributed by atoms with Gasteiger partial charge in [-0.25, -0.2) is 0 Å². The average Bonchev–Trinajstić information content (AvgIpc) is 2.71. The minimum Gasteiger partial charge on any atom is -0.306 e. The van der Waals surface area contributed by atoms with E-state index in [1.165, 1.54) is 11.8 Å². The number of piperidine rings is 1. The van der Waals surface area contributed by atoms with Crippen LogP contribution in [-0.2, 0) is 0 Å². The van der Waals surface area contributed by atoms with Crippen LogP contribution in [0, 0.1) is 5.92 Å². The largest absolute Gasteiger partial charge is 0.306 e. The molecule has 0 spiro atoms. The Morgan fingerprint density at radius 1 is 1.39 bits per heavy atom. The Morgan fingerprint density at radius 3 is 3.00 bits per heavy atom. The van der Waals surface area contributed by atoms with Crippen molar-refractivity contribution in [2.75, 3.05) is 20.1 Å². The highest BCUT2D eigenvalue weighted by atomic mass is 79.9. The van der Waals surface area contributed by atoms with E-state index < -0.39 is 0 Å². The molecule has 0 radical (unpaired) electrons. The van der Waals surface area contributed by atoms with Gasteiger partial charge < -0.3 is 4.90 Å². The van der Waals surface area contributed by atoms with E-state index in [0.717, 1.165) is 23.1 Å². The molecule has 0 aliphatic carbocycles. The molecule has 1 aliphatic rings. The van der Waals surface area contributed by atoms with Crippen molar-refractivity contribution in [2.24, 2.45) is 5.92 Å². The molecule has 18 heavy (non-hydrogen) atoms. The number of hydrogen-bond acceptors (Lipinski definition) is 2. The van der Waals surface area contributed by atoms with E-state index in [0.29, 0.717) is 12.0 Å². The predicted octanol–water partition coefficient (Wildman–Crippen LogP) is 3.31. The first-order chi connectivity index (χ1) is 8.63. The summed E-state index contributed by atoms with van der Waals surface area (Å²) in [6.45, 7) is 4.64. The summed E-state index contributed by atoms with van der Waals surface area (Å²) in [6.07, 6.45) is 3.38. The number of aromatic nitrogens is 2. The van der Waals surface area contributed by atoms with Gasteiger partial charge >= 0.3 is 0 Å². The molecule has 1 aliphatic heterocycles. The lowest BCUT2D eigenvalue weighted by Gasteiger charge is -2.34. The van der Waals surface area contributed by atoms with Gasteiger partial charge in [0.05, 0.1) is 11.6 Å². The molecule has 1 aromatic carbocycles. The average molecular weight is 308 g/mol. The highest BCUT2D eigenvalue weighted by Gasteiger charge is 2.26. The maximum Gasteiger partial charge on any atom is 0.0934 e. The zero-order valence-corrected chi connectivity index (χ0v) is 12.4. The number of halogens is 1. The summed E-state index contributed by atoms with van der Waals surface area (Å²) in [5, 5.41) is 5.97. The molecule has 3 rings (SSSR count). The van der Waals surface area contributed by atoms with Gasteiger partial charge in [-0.3, -0.25) is 4.68 Å². The number of rotatable bonds is 1. The van der Waals surface area contributed by atoms with Crippen molar-refractivity contribution in [1.29, 1.82) is 0 Å². The standard InChI is InChI=1S/C14H18BrN3/c1-10-8-17(2)6-5-14(10)18-9-11-3-4-12(15)7-13(11)16-18/h3-4,7,9-10,14H,5-6,8H2,1-2H3/t10-,14-/m0/s1. The van der Waals surface area contributed by atoms with Crippen LogP contribution >= 0.6 is 15.9 Å². The smallest absolute Gasteiger partial charge is 0.0934 e. The summed E-state index contributed by atoms with van der Waals surface area (Å²) in [6, 6.07) is 6.83. The van der Waals surface area contributed by atoms with E-state index in [1.54, 1.807) is 0 Å². The van der Waals surface area contributed by atoms with Gasteiger partial charge in [-0.05, 0) is 38.1 Å². The summed E-state index contributed by atoms with van der Waals surface area (Å²) < 4.78 is 3.27. The van der Waals surface area contributed by atoms with Crippen molar-refractivity contribution in [3.05, 3.63) is 28.9 Å². The molecule has 1 fully saturated rings. The molecule has 2 aromatic rings. The normalized spacial score (nSPS) is 25.7. The molecule has 1 aromatic heterocycles. The maximum absolute atomic E-state index is 4.74. The molecule has 2 heterocycles.